The zero-order valence-corrected chi connectivity index (χ0v) is 8.94. The van der Waals surface area contributed by atoms with Crippen molar-refractivity contribution in [2.45, 2.75) is 6.10 Å². The van der Waals surface area contributed by atoms with Crippen molar-refractivity contribution in [3.05, 3.63) is 46.5 Å². The first kappa shape index (κ1) is 9.56. The molecule has 0 fully saturated rings. The molecule has 82 valence electrons. The molecule has 1 unspecified atom stereocenters. The molecule has 0 radical (unpaired) electrons. The van der Waals surface area contributed by atoms with Crippen LogP contribution >= 0.6 is 0 Å². The Morgan fingerprint density at radius 3 is 3.00 bits per heavy atom. The molecule has 5 nitrogen and oxygen atoms in total. The van der Waals surface area contributed by atoms with Crippen LogP contribution < -0.4 is 5.48 Å². The van der Waals surface area contributed by atoms with Gasteiger partial charge < -0.3 is 0 Å². The Morgan fingerprint density at radius 2 is 2.25 bits per heavy atom. The van der Waals surface area contributed by atoms with E-state index in [1.165, 1.54) is 6.08 Å². The van der Waals surface area contributed by atoms with E-state index in [4.69, 9.17) is 4.84 Å². The fourth-order valence-electron chi connectivity index (χ4n) is 1.74. The molecule has 0 aromatic carbocycles. The van der Waals surface area contributed by atoms with Gasteiger partial charge in [0, 0.05) is 11.6 Å². The van der Waals surface area contributed by atoms with Gasteiger partial charge >= 0.3 is 0 Å². The summed E-state index contributed by atoms with van der Waals surface area (Å²) < 4.78 is 23.5. The van der Waals surface area contributed by atoms with E-state index in [1.807, 2.05) is 0 Å². The second-order valence-corrected chi connectivity index (χ2v) is 5.27. The van der Waals surface area contributed by atoms with Crippen LogP contribution in [0.2, 0.25) is 0 Å². The molecule has 0 saturated carbocycles. The lowest BCUT2D eigenvalue weighted by atomic mass is 10.2. The van der Waals surface area contributed by atoms with Crippen LogP contribution in [-0.2, 0) is 14.7 Å². The molecule has 2 aliphatic heterocycles. The first-order valence-corrected chi connectivity index (χ1v) is 6.24. The Kier molecular flexibility index (Phi) is 1.89. The maximum absolute atomic E-state index is 11.7. The number of nitrogens with zero attached hydrogens (tertiary/aromatic N) is 1. The summed E-state index contributed by atoms with van der Waals surface area (Å²) in [5.74, 6) is 0. The van der Waals surface area contributed by atoms with Crippen molar-refractivity contribution < 1.29 is 13.3 Å². The minimum atomic E-state index is -3.35. The normalized spacial score (nSPS) is 25.6. The topological polar surface area (TPSA) is 68.3 Å². The summed E-state index contributed by atoms with van der Waals surface area (Å²) in [7, 11) is -3.35. The highest BCUT2D eigenvalue weighted by atomic mass is 32.2. The van der Waals surface area contributed by atoms with E-state index in [9.17, 15) is 8.42 Å². The fraction of sp³-hybridized carbons (Fsp3) is 0.100. The number of nitrogens with one attached hydrogen (secondary N) is 1. The van der Waals surface area contributed by atoms with Gasteiger partial charge in [0.1, 0.15) is 16.7 Å². The molecule has 1 atom stereocenters. The monoisotopic (exact) mass is 236 g/mol. The summed E-state index contributed by atoms with van der Waals surface area (Å²) in [6, 6.07) is 5.29. The highest BCUT2D eigenvalue weighted by Crippen LogP contribution is 2.34. The van der Waals surface area contributed by atoms with Gasteiger partial charge in [0.25, 0.3) is 0 Å². The van der Waals surface area contributed by atoms with Crippen LogP contribution in [0.1, 0.15) is 5.69 Å². The number of fused-ring (bicyclic) bond motifs is 1. The van der Waals surface area contributed by atoms with E-state index in [1.54, 1.807) is 24.4 Å². The number of aromatic nitrogens is 1. The van der Waals surface area contributed by atoms with Crippen molar-refractivity contribution in [2.24, 2.45) is 0 Å². The summed E-state index contributed by atoms with van der Waals surface area (Å²) >= 11 is 0. The molecule has 3 rings (SSSR count). The Labute approximate surface area is 92.3 Å². The van der Waals surface area contributed by atoms with Gasteiger partial charge in [0.2, 0.25) is 9.84 Å². The van der Waals surface area contributed by atoms with Gasteiger partial charge in [-0.05, 0) is 18.2 Å². The zero-order chi connectivity index (χ0) is 11.2. The first-order valence-electron chi connectivity index (χ1n) is 4.69. The quantitative estimate of drug-likeness (QED) is 0.773. The molecule has 1 N–H and O–H groups in total. The largest absolute Gasteiger partial charge is 0.263 e. The minimum absolute atomic E-state index is 0.242. The third kappa shape index (κ3) is 1.27. The van der Waals surface area contributed by atoms with Crippen LogP contribution in [0.25, 0.3) is 5.70 Å². The van der Waals surface area contributed by atoms with Gasteiger partial charge in [-0.3, -0.25) is 15.3 Å². The van der Waals surface area contributed by atoms with Crippen LogP contribution in [0.15, 0.2) is 40.8 Å². The second kappa shape index (κ2) is 3.16. The third-order valence-electron chi connectivity index (χ3n) is 2.45. The number of rotatable bonds is 1. The molecule has 0 aliphatic carbocycles. The fourth-order valence-corrected chi connectivity index (χ4v) is 3.11. The molecule has 6 heteroatoms. The van der Waals surface area contributed by atoms with E-state index >= 15 is 0 Å². The Morgan fingerprint density at radius 1 is 1.38 bits per heavy atom. The Balaban J connectivity index is 2.20. The van der Waals surface area contributed by atoms with Crippen LogP contribution in [0, 0.1) is 0 Å². The zero-order valence-electron chi connectivity index (χ0n) is 8.12. The van der Waals surface area contributed by atoms with Crippen molar-refractivity contribution in [3.8, 4) is 0 Å². The summed E-state index contributed by atoms with van der Waals surface area (Å²) in [5, 5.41) is 1.16. The molecule has 3 heterocycles. The molecule has 1 aromatic heterocycles. The summed E-state index contributed by atoms with van der Waals surface area (Å²) in [4.78, 5) is 9.49. The van der Waals surface area contributed by atoms with Gasteiger partial charge in [0.15, 0.2) is 0 Å². The van der Waals surface area contributed by atoms with Gasteiger partial charge in [-0.25, -0.2) is 8.42 Å². The predicted octanol–water partition coefficient (Wildman–Crippen LogP) is 0.596. The van der Waals surface area contributed by atoms with Crippen molar-refractivity contribution in [3.63, 3.8) is 0 Å². The third-order valence-corrected chi connectivity index (χ3v) is 4.02. The highest BCUT2D eigenvalue weighted by Gasteiger charge is 2.39. The molecule has 16 heavy (non-hydrogen) atoms. The maximum atomic E-state index is 11.7. The van der Waals surface area contributed by atoms with Crippen molar-refractivity contribution in [1.29, 1.82) is 0 Å². The number of hydrogen-bond acceptors (Lipinski definition) is 5. The van der Waals surface area contributed by atoms with E-state index < -0.39 is 15.9 Å². The van der Waals surface area contributed by atoms with Gasteiger partial charge in [-0.1, -0.05) is 6.07 Å². The van der Waals surface area contributed by atoms with Crippen LogP contribution in [-0.4, -0.2) is 19.5 Å². The molecule has 0 amide bonds. The lowest BCUT2D eigenvalue weighted by Gasteiger charge is -2.02. The summed E-state index contributed by atoms with van der Waals surface area (Å²) in [6.45, 7) is 0. The van der Waals surface area contributed by atoms with Gasteiger partial charge in [-0.2, -0.15) is 0 Å². The van der Waals surface area contributed by atoms with E-state index in [2.05, 4.69) is 10.5 Å². The van der Waals surface area contributed by atoms with Crippen LogP contribution in [0.5, 0.6) is 0 Å². The SMILES string of the molecule is O=S1(=O)C=CC2ONC(c3ccccn3)=C21. The molecular weight excluding hydrogens is 228 g/mol. The van der Waals surface area contributed by atoms with E-state index in [0.717, 1.165) is 5.41 Å². The number of hydrogen-bond donors (Lipinski definition) is 1. The number of sulfone groups is 1. The van der Waals surface area contributed by atoms with E-state index in [-0.39, 0.29) is 4.91 Å². The predicted molar refractivity (Wildman–Crippen MR) is 57.2 cm³/mol. The van der Waals surface area contributed by atoms with Crippen molar-refractivity contribution >= 4 is 15.5 Å². The average molecular weight is 236 g/mol. The highest BCUT2D eigenvalue weighted by molar-refractivity contribution is 7.98. The molecule has 2 aliphatic rings. The van der Waals surface area contributed by atoms with Gasteiger partial charge in [0.05, 0.1) is 5.69 Å². The second-order valence-electron chi connectivity index (χ2n) is 3.47. The smallest absolute Gasteiger partial charge is 0.201 e. The Hall–Kier alpha value is -1.66. The molecule has 0 bridgehead atoms. The maximum Gasteiger partial charge on any atom is 0.201 e. The minimum Gasteiger partial charge on any atom is -0.263 e. The molecule has 1 aromatic rings. The molecule has 0 spiro atoms. The average Bonchev–Trinajstić information content (AvgIpc) is 2.82. The number of pyridine rings is 1. The summed E-state index contributed by atoms with van der Waals surface area (Å²) in [5.41, 5.74) is 3.61. The van der Waals surface area contributed by atoms with Crippen LogP contribution in [0.3, 0.4) is 0 Å². The first-order chi connectivity index (χ1) is 7.68. The van der Waals surface area contributed by atoms with E-state index in [0.29, 0.717) is 11.4 Å². The van der Waals surface area contributed by atoms with Gasteiger partial charge in [-0.15, -0.1) is 0 Å². The summed E-state index contributed by atoms with van der Waals surface area (Å²) in [6.07, 6.45) is 2.59. The lowest BCUT2D eigenvalue weighted by molar-refractivity contribution is 0.0775. The molecule has 0 saturated heterocycles. The standard InChI is InChI=1S/C10H8N2O3S/c13-16(14)6-4-8-10(16)9(12-15-8)7-3-1-2-5-11-7/h1-6,8,12H. The number of hydroxylamine groups is 1. The van der Waals surface area contributed by atoms with Crippen molar-refractivity contribution in [2.75, 3.05) is 0 Å². The Bertz CT molecular complexity index is 590. The lowest BCUT2D eigenvalue weighted by Crippen LogP contribution is -2.10. The molecular formula is C10H8N2O3S. The van der Waals surface area contributed by atoms with Crippen LogP contribution in [0.4, 0.5) is 0 Å². The van der Waals surface area contributed by atoms with Crippen molar-refractivity contribution in [1.82, 2.24) is 10.5 Å².